The van der Waals surface area contributed by atoms with Crippen LogP contribution in [0.4, 0.5) is 10.1 Å². The van der Waals surface area contributed by atoms with Crippen molar-refractivity contribution < 1.29 is 13.9 Å². The van der Waals surface area contributed by atoms with Crippen LogP contribution >= 0.6 is 0 Å². The molecule has 1 saturated heterocycles. The van der Waals surface area contributed by atoms with Crippen LogP contribution in [-0.4, -0.2) is 31.7 Å². The summed E-state index contributed by atoms with van der Waals surface area (Å²) in [5.74, 6) is -0.528. The number of ether oxygens (including phenoxy) is 1. The van der Waals surface area contributed by atoms with E-state index >= 15 is 0 Å². The number of nitrogens with zero attached hydrogens (tertiary/aromatic N) is 1. The number of amides is 1. The maximum atomic E-state index is 13.8. The van der Waals surface area contributed by atoms with Crippen molar-refractivity contribution in [3.05, 3.63) is 65.5 Å². The molecule has 2 atom stereocenters. The van der Waals surface area contributed by atoms with E-state index < -0.39 is 0 Å². The highest BCUT2D eigenvalue weighted by molar-refractivity contribution is 5.82. The molecule has 0 aliphatic carbocycles. The Morgan fingerprint density at radius 1 is 1.20 bits per heavy atom. The standard InChI is InChI=1S/C20H21FN2O2/c21-17-7-3-1-6-15(17)12-22-20(24)16-11-14-5-2-4-8-18(14)23-9-10-25-13-19(16)23/h1-8,16,19H,9-13H2,(H,22,24). The van der Waals surface area contributed by atoms with Crippen LogP contribution in [0.2, 0.25) is 0 Å². The zero-order valence-corrected chi connectivity index (χ0v) is 14.0. The summed E-state index contributed by atoms with van der Waals surface area (Å²) < 4.78 is 19.4. The molecular weight excluding hydrogens is 319 g/mol. The number of nitrogens with one attached hydrogen (secondary N) is 1. The Balaban J connectivity index is 1.53. The quantitative estimate of drug-likeness (QED) is 0.934. The van der Waals surface area contributed by atoms with Gasteiger partial charge in [-0.1, -0.05) is 36.4 Å². The highest BCUT2D eigenvalue weighted by Gasteiger charge is 2.39. The largest absolute Gasteiger partial charge is 0.377 e. The monoisotopic (exact) mass is 340 g/mol. The van der Waals surface area contributed by atoms with Gasteiger partial charge in [0.05, 0.1) is 25.2 Å². The second-order valence-electron chi connectivity index (χ2n) is 6.58. The van der Waals surface area contributed by atoms with E-state index in [2.05, 4.69) is 22.3 Å². The van der Waals surface area contributed by atoms with E-state index in [9.17, 15) is 9.18 Å². The maximum absolute atomic E-state index is 13.8. The summed E-state index contributed by atoms with van der Waals surface area (Å²) in [6.45, 7) is 2.22. The molecule has 0 spiro atoms. The first-order chi connectivity index (χ1) is 12.2. The summed E-state index contributed by atoms with van der Waals surface area (Å²) >= 11 is 0. The van der Waals surface area contributed by atoms with Crippen molar-refractivity contribution in [3.63, 3.8) is 0 Å². The molecule has 4 nitrogen and oxygen atoms in total. The first-order valence-corrected chi connectivity index (χ1v) is 8.67. The third-order valence-corrected chi connectivity index (χ3v) is 5.12. The van der Waals surface area contributed by atoms with E-state index in [0.29, 0.717) is 25.2 Å². The summed E-state index contributed by atoms with van der Waals surface area (Å²) in [6.07, 6.45) is 0.684. The molecule has 2 aromatic carbocycles. The highest BCUT2D eigenvalue weighted by atomic mass is 19.1. The smallest absolute Gasteiger partial charge is 0.225 e. The SMILES string of the molecule is O=C(NCc1ccccc1F)C1Cc2ccccc2N2CCOCC12. The van der Waals surface area contributed by atoms with E-state index in [4.69, 9.17) is 4.74 Å². The van der Waals surface area contributed by atoms with Gasteiger partial charge in [-0.15, -0.1) is 0 Å². The number of para-hydroxylation sites is 1. The van der Waals surface area contributed by atoms with Gasteiger partial charge in [0.2, 0.25) is 5.91 Å². The van der Waals surface area contributed by atoms with Crippen molar-refractivity contribution in [2.75, 3.05) is 24.7 Å². The zero-order valence-electron chi connectivity index (χ0n) is 14.0. The van der Waals surface area contributed by atoms with Crippen LogP contribution in [-0.2, 0) is 22.5 Å². The number of hydrogen-bond donors (Lipinski definition) is 1. The summed E-state index contributed by atoms with van der Waals surface area (Å²) in [4.78, 5) is 15.1. The van der Waals surface area contributed by atoms with Crippen LogP contribution < -0.4 is 10.2 Å². The van der Waals surface area contributed by atoms with Crippen molar-refractivity contribution in [1.82, 2.24) is 5.32 Å². The van der Waals surface area contributed by atoms with Gasteiger partial charge in [0.15, 0.2) is 0 Å². The summed E-state index contributed by atoms with van der Waals surface area (Å²) in [5, 5.41) is 2.91. The number of fused-ring (bicyclic) bond motifs is 3. The fourth-order valence-electron chi connectivity index (χ4n) is 3.81. The molecule has 0 radical (unpaired) electrons. The van der Waals surface area contributed by atoms with Gasteiger partial charge in [0, 0.05) is 24.3 Å². The first kappa shape index (κ1) is 16.1. The van der Waals surface area contributed by atoms with Gasteiger partial charge in [-0.2, -0.15) is 0 Å². The van der Waals surface area contributed by atoms with Gasteiger partial charge in [-0.05, 0) is 24.1 Å². The Labute approximate surface area is 146 Å². The minimum Gasteiger partial charge on any atom is -0.377 e. The summed E-state index contributed by atoms with van der Waals surface area (Å²) in [7, 11) is 0. The van der Waals surface area contributed by atoms with Crippen LogP contribution in [0.1, 0.15) is 11.1 Å². The molecule has 1 amide bonds. The normalized spacial score (nSPS) is 22.0. The average molecular weight is 340 g/mol. The van der Waals surface area contributed by atoms with Gasteiger partial charge < -0.3 is 15.0 Å². The van der Waals surface area contributed by atoms with E-state index in [1.165, 1.54) is 17.3 Å². The van der Waals surface area contributed by atoms with Crippen LogP contribution in [0.15, 0.2) is 48.5 Å². The molecule has 2 aromatic rings. The molecule has 1 N–H and O–H groups in total. The molecule has 0 aromatic heterocycles. The topological polar surface area (TPSA) is 41.6 Å². The third-order valence-electron chi connectivity index (χ3n) is 5.12. The average Bonchev–Trinajstić information content (AvgIpc) is 2.66. The number of rotatable bonds is 3. The van der Waals surface area contributed by atoms with Crippen LogP contribution in [0.5, 0.6) is 0 Å². The second kappa shape index (κ2) is 6.84. The van der Waals surface area contributed by atoms with Gasteiger partial charge >= 0.3 is 0 Å². The van der Waals surface area contributed by atoms with Crippen molar-refractivity contribution in [1.29, 1.82) is 0 Å². The summed E-state index contributed by atoms with van der Waals surface area (Å²) in [6, 6.07) is 14.8. The number of benzene rings is 2. The van der Waals surface area contributed by atoms with E-state index in [1.54, 1.807) is 18.2 Å². The Morgan fingerprint density at radius 3 is 2.88 bits per heavy atom. The Hall–Kier alpha value is -2.40. The molecule has 2 unspecified atom stereocenters. The van der Waals surface area contributed by atoms with Gasteiger partial charge in [-0.3, -0.25) is 4.79 Å². The molecule has 1 fully saturated rings. The van der Waals surface area contributed by atoms with Crippen molar-refractivity contribution >= 4 is 11.6 Å². The van der Waals surface area contributed by atoms with E-state index in [1.807, 2.05) is 12.1 Å². The van der Waals surface area contributed by atoms with Gasteiger partial charge in [0.1, 0.15) is 5.82 Å². The number of halogens is 1. The molecule has 25 heavy (non-hydrogen) atoms. The van der Waals surface area contributed by atoms with Crippen LogP contribution in [0.3, 0.4) is 0 Å². The Bertz CT molecular complexity index is 780. The van der Waals surface area contributed by atoms with Crippen LogP contribution in [0.25, 0.3) is 0 Å². The lowest BCUT2D eigenvalue weighted by Gasteiger charge is -2.45. The Morgan fingerprint density at radius 2 is 2.00 bits per heavy atom. The fourth-order valence-corrected chi connectivity index (χ4v) is 3.81. The first-order valence-electron chi connectivity index (χ1n) is 8.67. The molecule has 130 valence electrons. The zero-order chi connectivity index (χ0) is 17.2. The lowest BCUT2D eigenvalue weighted by molar-refractivity contribution is -0.127. The molecule has 2 aliphatic heterocycles. The molecule has 0 saturated carbocycles. The van der Waals surface area contributed by atoms with Crippen molar-refractivity contribution in [3.8, 4) is 0 Å². The maximum Gasteiger partial charge on any atom is 0.225 e. The van der Waals surface area contributed by atoms with Gasteiger partial charge in [-0.25, -0.2) is 4.39 Å². The molecule has 0 bridgehead atoms. The number of carbonyl (C=O) groups excluding carboxylic acids is 1. The molecule has 4 rings (SSSR count). The van der Waals surface area contributed by atoms with Crippen molar-refractivity contribution in [2.45, 2.75) is 19.0 Å². The molecular formula is C20H21FN2O2. The third kappa shape index (κ3) is 3.12. The molecule has 2 aliphatic rings. The lowest BCUT2D eigenvalue weighted by atomic mass is 9.84. The Kier molecular flexibility index (Phi) is 4.40. The van der Waals surface area contributed by atoms with Crippen molar-refractivity contribution in [2.24, 2.45) is 5.92 Å². The van der Waals surface area contributed by atoms with E-state index in [-0.39, 0.29) is 30.2 Å². The summed E-state index contributed by atoms with van der Waals surface area (Å²) in [5.41, 5.74) is 2.89. The predicted molar refractivity (Wildman–Crippen MR) is 93.8 cm³/mol. The fraction of sp³-hybridized carbons (Fsp3) is 0.350. The minimum absolute atomic E-state index is 0.0317. The number of morpholine rings is 1. The van der Waals surface area contributed by atoms with Gasteiger partial charge in [0.25, 0.3) is 0 Å². The number of anilines is 1. The number of hydrogen-bond acceptors (Lipinski definition) is 3. The molecule has 5 heteroatoms. The van der Waals surface area contributed by atoms with Crippen LogP contribution in [0, 0.1) is 11.7 Å². The minimum atomic E-state index is -0.292. The lowest BCUT2D eigenvalue weighted by Crippen LogP contribution is -2.56. The number of carbonyl (C=O) groups is 1. The highest BCUT2D eigenvalue weighted by Crippen LogP contribution is 2.35. The van der Waals surface area contributed by atoms with E-state index in [0.717, 1.165) is 6.54 Å². The molecule has 2 heterocycles. The second-order valence-corrected chi connectivity index (χ2v) is 6.58. The predicted octanol–water partition coefficient (Wildman–Crippen LogP) is 2.52.